The zero-order chi connectivity index (χ0) is 17.1. The van der Waals surface area contributed by atoms with Crippen molar-refractivity contribution in [3.63, 3.8) is 0 Å². The summed E-state index contributed by atoms with van der Waals surface area (Å²) in [4.78, 5) is 15.2. The fraction of sp³-hybridized carbons (Fsp3) is 0.333. The molecule has 0 fully saturated rings. The zero-order valence-corrected chi connectivity index (χ0v) is 13.7. The molecule has 0 saturated carbocycles. The molecule has 1 aromatic carbocycles. The standard InChI is InChI=1S/C15H17ClN2O5/c1-21-11-6-10-8(12(22-2)13(11)23-3)4-7(14(16)18-10)5-9(17)15(19)20/h4,6,9H,5,17H2,1-3H3,(H,19,20). The van der Waals surface area contributed by atoms with E-state index >= 15 is 0 Å². The second kappa shape index (κ2) is 6.89. The molecule has 124 valence electrons. The Morgan fingerprint density at radius 2 is 1.91 bits per heavy atom. The number of hydrogen-bond acceptors (Lipinski definition) is 6. The number of aliphatic carboxylic acids is 1. The number of nitrogens with two attached hydrogens (primary N) is 1. The molecule has 0 saturated heterocycles. The number of benzene rings is 1. The third kappa shape index (κ3) is 3.25. The Morgan fingerprint density at radius 1 is 1.26 bits per heavy atom. The lowest BCUT2D eigenvalue weighted by Gasteiger charge is -2.16. The predicted octanol–water partition coefficient (Wildman–Crippen LogP) is 1.87. The van der Waals surface area contributed by atoms with Gasteiger partial charge in [-0.15, -0.1) is 0 Å². The van der Waals surface area contributed by atoms with Gasteiger partial charge in [0, 0.05) is 17.9 Å². The van der Waals surface area contributed by atoms with E-state index in [-0.39, 0.29) is 11.6 Å². The van der Waals surface area contributed by atoms with Gasteiger partial charge in [-0.2, -0.15) is 0 Å². The van der Waals surface area contributed by atoms with E-state index in [9.17, 15) is 4.79 Å². The lowest BCUT2D eigenvalue weighted by Crippen LogP contribution is -2.32. The van der Waals surface area contributed by atoms with Gasteiger partial charge in [-0.3, -0.25) is 4.79 Å². The molecule has 0 aliphatic carbocycles. The van der Waals surface area contributed by atoms with E-state index in [0.717, 1.165) is 0 Å². The maximum absolute atomic E-state index is 10.9. The van der Waals surface area contributed by atoms with E-state index in [4.69, 9.17) is 36.7 Å². The van der Waals surface area contributed by atoms with Crippen molar-refractivity contribution >= 4 is 28.5 Å². The molecule has 1 unspecified atom stereocenters. The molecule has 1 aromatic heterocycles. The first-order valence-corrected chi connectivity index (χ1v) is 7.07. The van der Waals surface area contributed by atoms with E-state index in [1.54, 1.807) is 12.1 Å². The fourth-order valence-electron chi connectivity index (χ4n) is 2.28. The van der Waals surface area contributed by atoms with Gasteiger partial charge in [0.1, 0.15) is 11.2 Å². The topological polar surface area (TPSA) is 104 Å². The molecule has 7 nitrogen and oxygen atoms in total. The summed E-state index contributed by atoms with van der Waals surface area (Å²) in [6, 6.07) is 2.30. The minimum absolute atomic E-state index is 0.0502. The van der Waals surface area contributed by atoms with Crippen molar-refractivity contribution in [2.24, 2.45) is 5.73 Å². The van der Waals surface area contributed by atoms with Crippen LogP contribution in [0.4, 0.5) is 0 Å². The van der Waals surface area contributed by atoms with E-state index in [2.05, 4.69) is 4.98 Å². The van der Waals surface area contributed by atoms with Crippen LogP contribution < -0.4 is 19.9 Å². The summed E-state index contributed by atoms with van der Waals surface area (Å²) in [5.74, 6) is 0.187. The van der Waals surface area contributed by atoms with Gasteiger partial charge >= 0.3 is 5.97 Å². The maximum atomic E-state index is 10.9. The van der Waals surface area contributed by atoms with Crippen molar-refractivity contribution in [3.05, 3.63) is 22.8 Å². The number of pyridine rings is 1. The highest BCUT2D eigenvalue weighted by Crippen LogP contribution is 2.43. The van der Waals surface area contributed by atoms with Crippen molar-refractivity contribution in [2.45, 2.75) is 12.5 Å². The number of rotatable bonds is 6. The summed E-state index contributed by atoms with van der Waals surface area (Å²) in [5.41, 5.74) is 6.62. The molecule has 2 rings (SSSR count). The maximum Gasteiger partial charge on any atom is 0.320 e. The quantitative estimate of drug-likeness (QED) is 0.773. The van der Waals surface area contributed by atoms with Crippen LogP contribution in [0.15, 0.2) is 12.1 Å². The van der Waals surface area contributed by atoms with E-state index in [0.29, 0.717) is 33.7 Å². The van der Waals surface area contributed by atoms with Crippen LogP contribution in [0.2, 0.25) is 5.15 Å². The molecule has 0 bridgehead atoms. The second-order valence-corrected chi connectivity index (χ2v) is 5.16. The monoisotopic (exact) mass is 340 g/mol. The highest BCUT2D eigenvalue weighted by atomic mass is 35.5. The lowest BCUT2D eigenvalue weighted by molar-refractivity contribution is -0.138. The number of aromatic nitrogens is 1. The molecule has 2 aromatic rings. The highest BCUT2D eigenvalue weighted by Gasteiger charge is 2.20. The Labute approximate surface area is 137 Å². The Morgan fingerprint density at radius 3 is 2.43 bits per heavy atom. The summed E-state index contributed by atoms with van der Waals surface area (Å²) in [7, 11) is 4.50. The average Bonchev–Trinajstić information content (AvgIpc) is 2.53. The van der Waals surface area contributed by atoms with E-state index in [1.165, 1.54) is 21.3 Å². The van der Waals surface area contributed by atoms with Crippen LogP contribution in [0, 0.1) is 0 Å². The van der Waals surface area contributed by atoms with Crippen LogP contribution in [0.3, 0.4) is 0 Å². The minimum atomic E-state index is -1.11. The zero-order valence-electron chi connectivity index (χ0n) is 12.9. The molecule has 0 spiro atoms. The molecule has 3 N–H and O–H groups in total. The number of halogens is 1. The third-order valence-corrected chi connectivity index (χ3v) is 3.73. The van der Waals surface area contributed by atoms with Gasteiger partial charge in [0.15, 0.2) is 11.5 Å². The number of carbonyl (C=O) groups is 1. The van der Waals surface area contributed by atoms with Crippen LogP contribution in [0.25, 0.3) is 10.9 Å². The molecule has 0 radical (unpaired) electrons. The van der Waals surface area contributed by atoms with Gasteiger partial charge in [-0.1, -0.05) is 11.6 Å². The average molecular weight is 341 g/mol. The molecular weight excluding hydrogens is 324 g/mol. The minimum Gasteiger partial charge on any atom is -0.493 e. The van der Waals surface area contributed by atoms with E-state index in [1.807, 2.05) is 0 Å². The molecule has 0 aliphatic heterocycles. The van der Waals surface area contributed by atoms with Crippen molar-refractivity contribution in [3.8, 4) is 17.2 Å². The SMILES string of the molecule is COc1cc2nc(Cl)c(CC(N)C(=O)O)cc2c(OC)c1OC. The molecule has 8 heteroatoms. The predicted molar refractivity (Wildman–Crippen MR) is 85.7 cm³/mol. The largest absolute Gasteiger partial charge is 0.493 e. The number of fused-ring (bicyclic) bond motifs is 1. The van der Waals surface area contributed by atoms with E-state index < -0.39 is 12.0 Å². The van der Waals surface area contributed by atoms with Gasteiger partial charge in [0.25, 0.3) is 0 Å². The summed E-state index contributed by atoms with van der Waals surface area (Å²) in [5, 5.41) is 9.76. The number of hydrogen-bond donors (Lipinski definition) is 2. The number of carboxylic acid groups (broad SMARTS) is 1. The Hall–Kier alpha value is -2.25. The molecule has 0 amide bonds. The van der Waals surface area contributed by atoms with Crippen LogP contribution in [-0.4, -0.2) is 43.4 Å². The third-order valence-electron chi connectivity index (χ3n) is 3.41. The normalized spacial score (nSPS) is 12.0. The lowest BCUT2D eigenvalue weighted by atomic mass is 10.0. The van der Waals surface area contributed by atoms with Gasteiger partial charge < -0.3 is 25.1 Å². The Bertz CT molecular complexity index is 750. The number of methoxy groups -OCH3 is 3. The number of carboxylic acids is 1. The Balaban J connectivity index is 2.67. The van der Waals surface area contributed by atoms with Gasteiger partial charge in [0.2, 0.25) is 5.75 Å². The first-order valence-electron chi connectivity index (χ1n) is 6.69. The van der Waals surface area contributed by atoms with Gasteiger partial charge in [-0.25, -0.2) is 4.98 Å². The summed E-state index contributed by atoms with van der Waals surface area (Å²) in [6.07, 6.45) is 0.0502. The van der Waals surface area contributed by atoms with Crippen molar-refractivity contribution < 1.29 is 24.1 Å². The molecule has 1 atom stereocenters. The fourth-order valence-corrected chi connectivity index (χ4v) is 2.50. The smallest absolute Gasteiger partial charge is 0.320 e. The molecule has 1 heterocycles. The number of nitrogens with zero attached hydrogens (tertiary/aromatic N) is 1. The van der Waals surface area contributed by atoms with Crippen LogP contribution in [-0.2, 0) is 11.2 Å². The number of ether oxygens (including phenoxy) is 3. The summed E-state index contributed by atoms with van der Waals surface area (Å²) >= 11 is 6.14. The van der Waals surface area contributed by atoms with Crippen LogP contribution in [0.1, 0.15) is 5.56 Å². The highest BCUT2D eigenvalue weighted by molar-refractivity contribution is 6.30. The molecular formula is C15H17ClN2O5. The van der Waals surface area contributed by atoms with Crippen LogP contribution >= 0.6 is 11.6 Å². The molecule has 23 heavy (non-hydrogen) atoms. The van der Waals surface area contributed by atoms with Crippen molar-refractivity contribution in [2.75, 3.05) is 21.3 Å². The van der Waals surface area contributed by atoms with Crippen LogP contribution in [0.5, 0.6) is 17.2 Å². The second-order valence-electron chi connectivity index (χ2n) is 4.80. The van der Waals surface area contributed by atoms with Crippen molar-refractivity contribution in [1.29, 1.82) is 0 Å². The summed E-state index contributed by atoms with van der Waals surface area (Å²) < 4.78 is 16.0. The summed E-state index contributed by atoms with van der Waals surface area (Å²) in [6.45, 7) is 0. The first-order chi connectivity index (χ1) is 10.9. The Kier molecular flexibility index (Phi) is 5.12. The first kappa shape index (κ1) is 17.1. The van der Waals surface area contributed by atoms with Gasteiger partial charge in [0.05, 0.1) is 26.8 Å². The molecule has 0 aliphatic rings. The van der Waals surface area contributed by atoms with Gasteiger partial charge in [-0.05, 0) is 11.6 Å². The van der Waals surface area contributed by atoms with Crippen molar-refractivity contribution in [1.82, 2.24) is 4.98 Å².